The third-order valence-corrected chi connectivity index (χ3v) is 3.50. The second-order valence-corrected chi connectivity index (χ2v) is 5.13. The molecule has 17 heavy (non-hydrogen) atoms. The minimum absolute atomic E-state index is 0.0691. The van der Waals surface area contributed by atoms with Crippen LogP contribution in [0.1, 0.15) is 23.5 Å². The number of hydrogen-bond donors (Lipinski definition) is 1. The molecule has 1 heterocycles. The van der Waals surface area contributed by atoms with Crippen LogP contribution in [-0.2, 0) is 13.1 Å². The molecule has 0 bridgehead atoms. The lowest BCUT2D eigenvalue weighted by atomic mass is 10.4. The van der Waals surface area contributed by atoms with Crippen molar-refractivity contribution < 1.29 is 13.2 Å². The van der Waals surface area contributed by atoms with Crippen LogP contribution in [-0.4, -0.2) is 28.6 Å². The molecule has 1 aliphatic carbocycles. The highest BCUT2D eigenvalue weighted by molar-refractivity contribution is 7.09. The highest BCUT2D eigenvalue weighted by atomic mass is 32.1. The zero-order chi connectivity index (χ0) is 12.5. The molecule has 0 saturated heterocycles. The van der Waals surface area contributed by atoms with Gasteiger partial charge in [-0.1, -0.05) is 0 Å². The van der Waals surface area contributed by atoms with Crippen molar-refractivity contribution in [3.05, 3.63) is 16.1 Å². The standard InChI is InChI=1S/C10H14F3N3S/c11-10(12,13)6-16(8-1-2-8)4-7-5-17-9(3-14)15-7/h5,8H,1-4,6,14H2. The van der Waals surface area contributed by atoms with Gasteiger partial charge in [0.15, 0.2) is 0 Å². The Bertz CT molecular complexity index is 373. The van der Waals surface area contributed by atoms with Crippen LogP contribution < -0.4 is 5.73 Å². The van der Waals surface area contributed by atoms with Crippen molar-refractivity contribution in [3.63, 3.8) is 0 Å². The Hall–Kier alpha value is -0.660. The van der Waals surface area contributed by atoms with E-state index < -0.39 is 12.7 Å². The van der Waals surface area contributed by atoms with Gasteiger partial charge in [-0.3, -0.25) is 4.90 Å². The van der Waals surface area contributed by atoms with Gasteiger partial charge in [-0.15, -0.1) is 11.3 Å². The van der Waals surface area contributed by atoms with Crippen molar-refractivity contribution in [2.24, 2.45) is 5.73 Å². The van der Waals surface area contributed by atoms with Crippen molar-refractivity contribution in [1.29, 1.82) is 0 Å². The van der Waals surface area contributed by atoms with E-state index in [1.165, 1.54) is 16.2 Å². The Morgan fingerprint density at radius 3 is 2.65 bits per heavy atom. The minimum Gasteiger partial charge on any atom is -0.325 e. The van der Waals surface area contributed by atoms with Gasteiger partial charge in [0.2, 0.25) is 0 Å². The molecule has 0 aromatic carbocycles. The Kier molecular flexibility index (Phi) is 3.70. The van der Waals surface area contributed by atoms with E-state index in [-0.39, 0.29) is 12.6 Å². The molecule has 1 aromatic heterocycles. The third kappa shape index (κ3) is 3.93. The average Bonchev–Trinajstić information content (AvgIpc) is 2.97. The third-order valence-electron chi connectivity index (χ3n) is 2.58. The average molecular weight is 265 g/mol. The minimum atomic E-state index is -4.14. The van der Waals surface area contributed by atoms with Crippen molar-refractivity contribution in [1.82, 2.24) is 9.88 Å². The summed E-state index contributed by atoms with van der Waals surface area (Å²) < 4.78 is 37.2. The first kappa shape index (κ1) is 12.8. The predicted octanol–water partition coefficient (Wildman–Crippen LogP) is 2.13. The van der Waals surface area contributed by atoms with Crippen LogP contribution in [0.25, 0.3) is 0 Å². The highest BCUT2D eigenvalue weighted by Gasteiger charge is 2.38. The summed E-state index contributed by atoms with van der Waals surface area (Å²) >= 11 is 1.40. The topological polar surface area (TPSA) is 42.1 Å². The zero-order valence-corrected chi connectivity index (χ0v) is 10.0. The van der Waals surface area contributed by atoms with E-state index in [1.807, 2.05) is 0 Å². The maximum atomic E-state index is 12.4. The molecule has 0 atom stereocenters. The summed E-state index contributed by atoms with van der Waals surface area (Å²) in [6.45, 7) is -0.249. The predicted molar refractivity (Wildman–Crippen MR) is 59.5 cm³/mol. The summed E-state index contributed by atoms with van der Waals surface area (Å²) in [6.07, 6.45) is -2.44. The molecule has 2 rings (SSSR count). The first-order valence-corrected chi connectivity index (χ1v) is 6.30. The second-order valence-electron chi connectivity index (χ2n) is 4.19. The van der Waals surface area contributed by atoms with Gasteiger partial charge >= 0.3 is 6.18 Å². The largest absolute Gasteiger partial charge is 0.401 e. The Morgan fingerprint density at radius 1 is 1.47 bits per heavy atom. The zero-order valence-electron chi connectivity index (χ0n) is 9.20. The van der Waals surface area contributed by atoms with Gasteiger partial charge in [0.25, 0.3) is 0 Å². The molecular weight excluding hydrogens is 251 g/mol. The molecule has 0 aliphatic heterocycles. The van der Waals surface area contributed by atoms with Gasteiger partial charge in [-0.2, -0.15) is 13.2 Å². The van der Waals surface area contributed by atoms with E-state index in [2.05, 4.69) is 4.98 Å². The molecule has 96 valence electrons. The molecule has 7 heteroatoms. The van der Waals surface area contributed by atoms with Crippen LogP contribution >= 0.6 is 11.3 Å². The van der Waals surface area contributed by atoms with Gasteiger partial charge in [0.05, 0.1) is 12.2 Å². The maximum Gasteiger partial charge on any atom is 0.401 e. The molecule has 0 radical (unpaired) electrons. The van der Waals surface area contributed by atoms with Crippen LogP contribution in [0.2, 0.25) is 0 Å². The van der Waals surface area contributed by atoms with Crippen LogP contribution in [0.5, 0.6) is 0 Å². The number of aromatic nitrogens is 1. The number of thiazole rings is 1. The maximum absolute atomic E-state index is 12.4. The molecule has 2 N–H and O–H groups in total. The van der Waals surface area contributed by atoms with Gasteiger partial charge in [-0.05, 0) is 12.8 Å². The summed E-state index contributed by atoms with van der Waals surface area (Å²) in [5.41, 5.74) is 6.11. The first-order valence-electron chi connectivity index (χ1n) is 5.42. The molecule has 3 nitrogen and oxygen atoms in total. The van der Waals surface area contributed by atoms with Crippen molar-refractivity contribution in [2.75, 3.05) is 6.54 Å². The first-order chi connectivity index (χ1) is 7.98. The van der Waals surface area contributed by atoms with Crippen molar-refractivity contribution in [2.45, 2.75) is 38.1 Å². The van der Waals surface area contributed by atoms with Crippen LogP contribution in [0.4, 0.5) is 13.2 Å². The van der Waals surface area contributed by atoms with Gasteiger partial charge in [-0.25, -0.2) is 4.98 Å². The van der Waals surface area contributed by atoms with Gasteiger partial charge in [0.1, 0.15) is 5.01 Å². The molecule has 0 unspecified atom stereocenters. The number of halogens is 3. The van der Waals surface area contributed by atoms with E-state index in [0.717, 1.165) is 17.8 Å². The lowest BCUT2D eigenvalue weighted by Crippen LogP contribution is -2.35. The molecule has 1 saturated carbocycles. The summed E-state index contributed by atoms with van der Waals surface area (Å²) in [6, 6.07) is 0.0691. The summed E-state index contributed by atoms with van der Waals surface area (Å²) in [7, 11) is 0. The number of hydrogen-bond acceptors (Lipinski definition) is 4. The van der Waals surface area contributed by atoms with Crippen LogP contribution in [0.3, 0.4) is 0 Å². The van der Waals surface area contributed by atoms with Crippen LogP contribution in [0, 0.1) is 0 Å². The Labute approximate surface area is 101 Å². The fourth-order valence-corrected chi connectivity index (χ4v) is 2.37. The van der Waals surface area contributed by atoms with E-state index >= 15 is 0 Å². The van der Waals surface area contributed by atoms with Crippen molar-refractivity contribution in [3.8, 4) is 0 Å². The number of nitrogens with two attached hydrogens (primary N) is 1. The lowest BCUT2D eigenvalue weighted by Gasteiger charge is -2.22. The summed E-state index contributed by atoms with van der Waals surface area (Å²) in [5.74, 6) is 0. The number of rotatable bonds is 5. The number of alkyl halides is 3. The van der Waals surface area contributed by atoms with Crippen LogP contribution in [0.15, 0.2) is 5.38 Å². The Morgan fingerprint density at radius 2 is 2.18 bits per heavy atom. The Balaban J connectivity index is 1.97. The monoisotopic (exact) mass is 265 g/mol. The molecule has 1 aromatic rings. The quantitative estimate of drug-likeness (QED) is 0.886. The van der Waals surface area contributed by atoms with E-state index in [0.29, 0.717) is 12.2 Å². The van der Waals surface area contributed by atoms with Crippen molar-refractivity contribution >= 4 is 11.3 Å². The molecule has 1 fully saturated rings. The van der Waals surface area contributed by atoms with Gasteiger partial charge < -0.3 is 5.73 Å². The summed E-state index contributed by atoms with van der Waals surface area (Å²) in [4.78, 5) is 5.65. The van der Waals surface area contributed by atoms with E-state index in [9.17, 15) is 13.2 Å². The fourth-order valence-electron chi connectivity index (χ4n) is 1.71. The lowest BCUT2D eigenvalue weighted by molar-refractivity contribution is -0.148. The number of nitrogens with zero attached hydrogens (tertiary/aromatic N) is 2. The normalized spacial score (nSPS) is 16.8. The van der Waals surface area contributed by atoms with E-state index in [4.69, 9.17) is 5.73 Å². The molecule has 1 aliphatic rings. The molecule has 0 spiro atoms. The fraction of sp³-hybridized carbons (Fsp3) is 0.700. The second kappa shape index (κ2) is 4.91. The SMILES string of the molecule is NCc1nc(CN(CC(F)(F)F)C2CC2)cs1. The highest BCUT2D eigenvalue weighted by Crippen LogP contribution is 2.31. The van der Waals surface area contributed by atoms with Gasteiger partial charge in [0, 0.05) is 24.5 Å². The smallest absolute Gasteiger partial charge is 0.325 e. The molecule has 0 amide bonds. The molecular formula is C10H14F3N3S. The van der Waals surface area contributed by atoms with E-state index in [1.54, 1.807) is 5.38 Å². The summed E-state index contributed by atoms with van der Waals surface area (Å²) in [5, 5.41) is 2.55.